The van der Waals surface area contributed by atoms with Gasteiger partial charge >= 0.3 is 0 Å². The zero-order chi connectivity index (χ0) is 18.2. The Hall–Kier alpha value is -1.37. The van der Waals surface area contributed by atoms with Crippen LogP contribution in [0.1, 0.15) is 35.0 Å². The molecule has 25 heavy (non-hydrogen) atoms. The van der Waals surface area contributed by atoms with Crippen LogP contribution in [0.5, 0.6) is 0 Å². The molecule has 1 aromatic heterocycles. The maximum atomic E-state index is 11.8. The Kier molecular flexibility index (Phi) is 5.23. The van der Waals surface area contributed by atoms with E-state index < -0.39 is 9.84 Å². The van der Waals surface area contributed by atoms with E-state index in [-0.39, 0.29) is 17.5 Å². The van der Waals surface area contributed by atoms with Crippen LogP contribution in [0.3, 0.4) is 0 Å². The Morgan fingerprint density at radius 3 is 2.72 bits per heavy atom. The van der Waals surface area contributed by atoms with Gasteiger partial charge in [-0.2, -0.15) is 5.10 Å². The minimum Gasteiger partial charge on any atom is -0.298 e. The van der Waals surface area contributed by atoms with Gasteiger partial charge in [-0.1, -0.05) is 23.7 Å². The fourth-order valence-corrected chi connectivity index (χ4v) is 5.43. The number of aryl methyl sites for hydroxylation is 1. The van der Waals surface area contributed by atoms with Crippen molar-refractivity contribution in [3.63, 3.8) is 0 Å². The van der Waals surface area contributed by atoms with Crippen LogP contribution in [0.2, 0.25) is 5.02 Å². The molecule has 1 fully saturated rings. The van der Waals surface area contributed by atoms with Gasteiger partial charge in [-0.25, -0.2) is 8.42 Å². The molecule has 1 atom stereocenters. The number of nitrogens with zero attached hydrogens (tertiary/aromatic N) is 3. The molecule has 136 valence electrons. The minimum atomic E-state index is -2.92. The highest BCUT2D eigenvalue weighted by Crippen LogP contribution is 2.27. The van der Waals surface area contributed by atoms with Crippen molar-refractivity contribution in [1.29, 1.82) is 0 Å². The smallest absolute Gasteiger partial charge is 0.152 e. The molecule has 0 spiro atoms. The second-order valence-electron chi connectivity index (χ2n) is 6.95. The first-order valence-electron chi connectivity index (χ1n) is 8.43. The van der Waals surface area contributed by atoms with Gasteiger partial charge < -0.3 is 0 Å². The molecular weight excluding hydrogens is 358 g/mol. The summed E-state index contributed by atoms with van der Waals surface area (Å²) >= 11 is 6.06. The van der Waals surface area contributed by atoms with Crippen molar-refractivity contribution in [2.45, 2.75) is 39.4 Å². The van der Waals surface area contributed by atoms with Crippen LogP contribution in [0, 0.1) is 13.8 Å². The quantitative estimate of drug-likeness (QED) is 0.798. The molecule has 0 radical (unpaired) electrons. The van der Waals surface area contributed by atoms with Gasteiger partial charge in [-0.05, 0) is 45.0 Å². The number of halogens is 1. The molecule has 1 aliphatic heterocycles. The lowest BCUT2D eigenvalue weighted by atomic mass is 10.1. The zero-order valence-electron chi connectivity index (χ0n) is 14.9. The lowest BCUT2D eigenvalue weighted by molar-refractivity contribution is 0.317. The standard InChI is InChI=1S/C18H24ClN3O2S/c1-13-18(11-21(3)10-15-5-4-6-16(19)9-15)14(2)22(20-13)17-7-8-25(23,24)12-17/h4-6,9,17H,7-8,10-12H2,1-3H3/t17-/m0/s1. The van der Waals surface area contributed by atoms with Crippen molar-refractivity contribution in [3.8, 4) is 0 Å². The summed E-state index contributed by atoms with van der Waals surface area (Å²) in [5.74, 6) is 0.465. The molecule has 1 aromatic carbocycles. The number of hydrogen-bond acceptors (Lipinski definition) is 4. The molecule has 7 heteroatoms. The van der Waals surface area contributed by atoms with Crippen molar-refractivity contribution >= 4 is 21.4 Å². The monoisotopic (exact) mass is 381 g/mol. The molecule has 1 aliphatic rings. The maximum Gasteiger partial charge on any atom is 0.152 e. The SMILES string of the molecule is Cc1nn([C@H]2CCS(=O)(=O)C2)c(C)c1CN(C)Cc1cccc(Cl)c1. The first kappa shape index (κ1) is 18.4. The third kappa shape index (κ3) is 4.25. The van der Waals surface area contributed by atoms with E-state index in [0.717, 1.165) is 29.5 Å². The van der Waals surface area contributed by atoms with Gasteiger partial charge in [-0.15, -0.1) is 0 Å². The van der Waals surface area contributed by atoms with Crippen molar-refractivity contribution < 1.29 is 8.42 Å². The summed E-state index contributed by atoms with van der Waals surface area (Å²) in [6.45, 7) is 5.59. The largest absolute Gasteiger partial charge is 0.298 e. The topological polar surface area (TPSA) is 55.2 Å². The predicted molar refractivity (Wildman–Crippen MR) is 101 cm³/mol. The summed E-state index contributed by atoms with van der Waals surface area (Å²) in [5.41, 5.74) is 4.38. The van der Waals surface area contributed by atoms with E-state index in [1.165, 1.54) is 11.1 Å². The summed E-state index contributed by atoms with van der Waals surface area (Å²) in [7, 11) is -0.849. The van der Waals surface area contributed by atoms with Gasteiger partial charge in [0.15, 0.2) is 9.84 Å². The first-order valence-corrected chi connectivity index (χ1v) is 10.6. The van der Waals surface area contributed by atoms with Crippen LogP contribution in [0.25, 0.3) is 0 Å². The summed E-state index contributed by atoms with van der Waals surface area (Å²) < 4.78 is 25.5. The van der Waals surface area contributed by atoms with E-state index in [2.05, 4.69) is 23.1 Å². The van der Waals surface area contributed by atoms with Crippen LogP contribution in [0.4, 0.5) is 0 Å². The van der Waals surface area contributed by atoms with E-state index in [0.29, 0.717) is 6.42 Å². The Morgan fingerprint density at radius 1 is 1.32 bits per heavy atom. The van der Waals surface area contributed by atoms with E-state index in [1.807, 2.05) is 36.7 Å². The lowest BCUT2D eigenvalue weighted by Crippen LogP contribution is -2.18. The van der Waals surface area contributed by atoms with Crippen LogP contribution < -0.4 is 0 Å². The second kappa shape index (κ2) is 7.09. The molecule has 0 aliphatic carbocycles. The minimum absolute atomic E-state index is 0.0318. The maximum absolute atomic E-state index is 11.8. The molecular formula is C18H24ClN3O2S. The molecule has 0 saturated carbocycles. The van der Waals surface area contributed by atoms with Crippen LogP contribution >= 0.6 is 11.6 Å². The van der Waals surface area contributed by atoms with Crippen molar-refractivity contribution in [2.75, 3.05) is 18.6 Å². The molecule has 1 saturated heterocycles. The predicted octanol–water partition coefficient (Wildman–Crippen LogP) is 3.14. The normalized spacial score (nSPS) is 19.6. The number of hydrogen-bond donors (Lipinski definition) is 0. The van der Waals surface area contributed by atoms with E-state index in [4.69, 9.17) is 11.6 Å². The number of rotatable bonds is 5. The van der Waals surface area contributed by atoms with E-state index >= 15 is 0 Å². The van der Waals surface area contributed by atoms with Crippen LogP contribution in [0.15, 0.2) is 24.3 Å². The highest BCUT2D eigenvalue weighted by Gasteiger charge is 2.31. The van der Waals surface area contributed by atoms with Gasteiger partial charge in [0.2, 0.25) is 0 Å². The van der Waals surface area contributed by atoms with Gasteiger partial charge in [0.1, 0.15) is 0 Å². The highest BCUT2D eigenvalue weighted by molar-refractivity contribution is 7.91. The third-order valence-electron chi connectivity index (χ3n) is 4.80. The Morgan fingerprint density at radius 2 is 2.08 bits per heavy atom. The summed E-state index contributed by atoms with van der Waals surface area (Å²) in [4.78, 5) is 2.22. The second-order valence-corrected chi connectivity index (χ2v) is 9.62. The molecule has 0 N–H and O–H groups in total. The van der Waals surface area contributed by atoms with Crippen molar-refractivity contribution in [1.82, 2.24) is 14.7 Å². The van der Waals surface area contributed by atoms with Gasteiger partial charge in [0.25, 0.3) is 0 Å². The Labute approximate surface area is 154 Å². The fourth-order valence-electron chi connectivity index (χ4n) is 3.52. The van der Waals surface area contributed by atoms with Gasteiger partial charge in [0, 0.05) is 29.4 Å². The lowest BCUT2D eigenvalue weighted by Gasteiger charge is -2.18. The summed E-state index contributed by atoms with van der Waals surface area (Å²) in [6.07, 6.45) is 0.655. The van der Waals surface area contributed by atoms with Crippen molar-refractivity contribution in [2.24, 2.45) is 0 Å². The average Bonchev–Trinajstić information content (AvgIpc) is 3.01. The first-order chi connectivity index (χ1) is 11.7. The van der Waals surface area contributed by atoms with Crippen LogP contribution in [-0.2, 0) is 22.9 Å². The van der Waals surface area contributed by atoms with Crippen LogP contribution in [-0.4, -0.2) is 41.7 Å². The Bertz CT molecular complexity index is 876. The molecule has 0 amide bonds. The molecule has 2 heterocycles. The highest BCUT2D eigenvalue weighted by atomic mass is 35.5. The zero-order valence-corrected chi connectivity index (χ0v) is 16.4. The molecule has 2 aromatic rings. The summed E-state index contributed by atoms with van der Waals surface area (Å²) in [5, 5.41) is 5.38. The fraction of sp³-hybridized carbons (Fsp3) is 0.500. The molecule has 3 rings (SSSR count). The van der Waals surface area contributed by atoms with E-state index in [9.17, 15) is 8.42 Å². The third-order valence-corrected chi connectivity index (χ3v) is 6.78. The molecule has 0 bridgehead atoms. The van der Waals surface area contributed by atoms with Gasteiger partial charge in [-0.3, -0.25) is 9.58 Å². The number of benzene rings is 1. The van der Waals surface area contributed by atoms with E-state index in [1.54, 1.807) is 0 Å². The average molecular weight is 382 g/mol. The number of sulfone groups is 1. The summed E-state index contributed by atoms with van der Waals surface area (Å²) in [6, 6.07) is 7.84. The molecule has 0 unspecified atom stereocenters. The number of aromatic nitrogens is 2. The molecule has 5 nitrogen and oxygen atoms in total. The van der Waals surface area contributed by atoms with Crippen molar-refractivity contribution in [3.05, 3.63) is 51.8 Å². The Balaban J connectivity index is 1.74. The van der Waals surface area contributed by atoms with Gasteiger partial charge in [0.05, 0.1) is 23.2 Å².